The Morgan fingerprint density at radius 2 is 1.53 bits per heavy atom. The molecule has 6 heteroatoms. The molecule has 1 fully saturated rings. The van der Waals surface area contributed by atoms with E-state index in [0.29, 0.717) is 31.6 Å². The second-order valence-electron chi connectivity index (χ2n) is 8.94. The van der Waals surface area contributed by atoms with Gasteiger partial charge in [0.1, 0.15) is 11.5 Å². The first-order valence-corrected chi connectivity index (χ1v) is 12.5. The van der Waals surface area contributed by atoms with E-state index in [1.54, 1.807) is 4.90 Å². The molecule has 0 aliphatic heterocycles. The predicted octanol–water partition coefficient (Wildman–Crippen LogP) is 6.14. The van der Waals surface area contributed by atoms with Gasteiger partial charge in [0.05, 0.1) is 13.2 Å². The van der Waals surface area contributed by atoms with Crippen LogP contribution in [0.1, 0.15) is 61.4 Å². The van der Waals surface area contributed by atoms with Crippen molar-refractivity contribution in [2.45, 2.75) is 57.7 Å². The van der Waals surface area contributed by atoms with Crippen LogP contribution in [0.15, 0.2) is 78.9 Å². The summed E-state index contributed by atoms with van der Waals surface area (Å²) in [6.07, 6.45) is 5.77. The standard InChI is InChI=1S/C29H33NO3.CH2O2/c1-2-3-4-10-21-33-27-14-9-8-13-26(27)22-30(29(32)19-20-29)28(31)25-17-15-24(16-18-25)23-11-6-5-7-12-23;2-1-3/h5-9,11-18,32H,2-4,10,19-22H2,1H3;1H,(H,2,3). The van der Waals surface area contributed by atoms with Crippen LogP contribution in [0.2, 0.25) is 0 Å². The third-order valence-corrected chi connectivity index (χ3v) is 6.24. The fourth-order valence-electron chi connectivity index (χ4n) is 4.04. The number of ether oxygens (including phenoxy) is 1. The normalized spacial score (nSPS) is 13.2. The lowest BCUT2D eigenvalue weighted by molar-refractivity contribution is -0.122. The Balaban J connectivity index is 0.00000115. The number of para-hydroxylation sites is 1. The molecule has 6 nitrogen and oxygen atoms in total. The fraction of sp³-hybridized carbons (Fsp3) is 0.333. The number of benzene rings is 3. The van der Waals surface area contributed by atoms with Gasteiger partial charge in [-0.15, -0.1) is 0 Å². The second-order valence-corrected chi connectivity index (χ2v) is 8.94. The highest BCUT2D eigenvalue weighted by molar-refractivity contribution is 5.95. The van der Waals surface area contributed by atoms with Crippen molar-refractivity contribution in [3.05, 3.63) is 90.0 Å². The minimum Gasteiger partial charge on any atom is -0.493 e. The summed E-state index contributed by atoms with van der Waals surface area (Å²) in [5.41, 5.74) is 2.59. The van der Waals surface area contributed by atoms with E-state index < -0.39 is 5.72 Å². The van der Waals surface area contributed by atoms with Crippen LogP contribution in [0, 0.1) is 0 Å². The molecule has 0 radical (unpaired) electrons. The van der Waals surface area contributed by atoms with Crippen molar-refractivity contribution in [2.75, 3.05) is 6.61 Å². The van der Waals surface area contributed by atoms with Crippen LogP contribution >= 0.6 is 0 Å². The van der Waals surface area contributed by atoms with Gasteiger partial charge in [-0.2, -0.15) is 0 Å². The first-order chi connectivity index (χ1) is 17.5. The van der Waals surface area contributed by atoms with Crippen molar-refractivity contribution in [3.63, 3.8) is 0 Å². The zero-order chi connectivity index (χ0) is 25.8. The van der Waals surface area contributed by atoms with Gasteiger partial charge in [0.15, 0.2) is 0 Å². The van der Waals surface area contributed by atoms with Gasteiger partial charge in [-0.25, -0.2) is 0 Å². The van der Waals surface area contributed by atoms with E-state index in [-0.39, 0.29) is 12.4 Å². The van der Waals surface area contributed by atoms with Crippen molar-refractivity contribution in [1.82, 2.24) is 4.90 Å². The first-order valence-electron chi connectivity index (χ1n) is 12.5. The van der Waals surface area contributed by atoms with E-state index in [4.69, 9.17) is 14.6 Å². The van der Waals surface area contributed by atoms with E-state index >= 15 is 0 Å². The molecule has 190 valence electrons. The van der Waals surface area contributed by atoms with E-state index in [1.165, 1.54) is 12.8 Å². The van der Waals surface area contributed by atoms with Gasteiger partial charge >= 0.3 is 0 Å². The summed E-state index contributed by atoms with van der Waals surface area (Å²) in [5.74, 6) is 0.628. The van der Waals surface area contributed by atoms with E-state index in [2.05, 4.69) is 19.1 Å². The van der Waals surface area contributed by atoms with Gasteiger partial charge in [-0.05, 0) is 48.6 Å². The highest BCUT2D eigenvalue weighted by atomic mass is 16.5. The lowest BCUT2D eigenvalue weighted by atomic mass is 10.0. The molecule has 1 amide bonds. The molecule has 1 aliphatic carbocycles. The number of carbonyl (C=O) groups is 2. The van der Waals surface area contributed by atoms with Crippen molar-refractivity contribution in [3.8, 4) is 16.9 Å². The Hall–Kier alpha value is -3.64. The molecule has 2 N–H and O–H groups in total. The van der Waals surface area contributed by atoms with Gasteiger partial charge in [-0.3, -0.25) is 9.59 Å². The summed E-state index contributed by atoms with van der Waals surface area (Å²) in [7, 11) is 0. The number of aliphatic hydroxyl groups is 1. The molecule has 3 aromatic rings. The van der Waals surface area contributed by atoms with Crippen LogP contribution in [0.4, 0.5) is 0 Å². The summed E-state index contributed by atoms with van der Waals surface area (Å²) < 4.78 is 6.05. The maximum absolute atomic E-state index is 13.5. The minimum atomic E-state index is -1.08. The quantitative estimate of drug-likeness (QED) is 0.192. The third kappa shape index (κ3) is 7.43. The minimum absolute atomic E-state index is 0.160. The SMILES string of the molecule is CCCCCCOc1ccccc1CN(C(=O)c1ccc(-c2ccccc2)cc1)C1(O)CC1.O=CO. The van der Waals surface area contributed by atoms with Crippen molar-refractivity contribution < 1.29 is 24.5 Å². The van der Waals surface area contributed by atoms with Gasteiger partial charge in [0.25, 0.3) is 12.4 Å². The molecular weight excluding hydrogens is 454 g/mol. The largest absolute Gasteiger partial charge is 0.493 e. The van der Waals surface area contributed by atoms with Gasteiger partial charge < -0.3 is 19.8 Å². The summed E-state index contributed by atoms with van der Waals surface area (Å²) >= 11 is 0. The number of rotatable bonds is 11. The molecule has 0 saturated heterocycles. The smallest absolute Gasteiger partial charge is 0.290 e. The van der Waals surface area contributed by atoms with Crippen molar-refractivity contribution in [1.29, 1.82) is 0 Å². The van der Waals surface area contributed by atoms with Crippen LogP contribution in [0.25, 0.3) is 11.1 Å². The highest BCUT2D eigenvalue weighted by Crippen LogP contribution is 2.41. The first kappa shape index (κ1) is 27.0. The van der Waals surface area contributed by atoms with Crippen LogP contribution < -0.4 is 4.74 Å². The monoisotopic (exact) mass is 489 g/mol. The molecule has 1 aliphatic rings. The fourth-order valence-corrected chi connectivity index (χ4v) is 4.04. The van der Waals surface area contributed by atoms with Gasteiger partial charge in [0, 0.05) is 11.1 Å². The topological polar surface area (TPSA) is 87.1 Å². The molecule has 0 heterocycles. The number of amides is 1. The lowest BCUT2D eigenvalue weighted by Gasteiger charge is -2.29. The average Bonchev–Trinajstić information content (AvgIpc) is 3.66. The maximum Gasteiger partial charge on any atom is 0.290 e. The third-order valence-electron chi connectivity index (χ3n) is 6.24. The number of carbonyl (C=O) groups excluding carboxylic acids is 1. The number of hydrogen-bond donors (Lipinski definition) is 2. The Morgan fingerprint density at radius 1 is 0.917 bits per heavy atom. The number of nitrogens with zero attached hydrogens (tertiary/aromatic N) is 1. The summed E-state index contributed by atoms with van der Waals surface area (Å²) in [6.45, 7) is 2.93. The molecule has 0 bridgehead atoms. The maximum atomic E-state index is 13.5. The molecule has 0 spiro atoms. The molecule has 0 atom stereocenters. The van der Waals surface area contributed by atoms with Crippen molar-refractivity contribution >= 4 is 12.4 Å². The molecule has 36 heavy (non-hydrogen) atoms. The zero-order valence-electron chi connectivity index (χ0n) is 20.8. The Kier molecular flexibility index (Phi) is 10.1. The van der Waals surface area contributed by atoms with Crippen LogP contribution in [0.3, 0.4) is 0 Å². The van der Waals surface area contributed by atoms with Crippen LogP contribution in [0.5, 0.6) is 5.75 Å². The summed E-state index contributed by atoms with van der Waals surface area (Å²) in [6, 6.07) is 25.5. The Morgan fingerprint density at radius 3 is 2.17 bits per heavy atom. The number of carboxylic acid groups (broad SMARTS) is 1. The van der Waals surface area contributed by atoms with Crippen LogP contribution in [-0.2, 0) is 11.3 Å². The second kappa shape index (κ2) is 13.4. The molecule has 1 saturated carbocycles. The van der Waals surface area contributed by atoms with E-state index in [1.807, 2.05) is 66.7 Å². The predicted molar refractivity (Wildman–Crippen MR) is 141 cm³/mol. The molecule has 4 rings (SSSR count). The van der Waals surface area contributed by atoms with Crippen LogP contribution in [-0.4, -0.2) is 39.8 Å². The Bertz CT molecular complexity index is 1090. The van der Waals surface area contributed by atoms with E-state index in [9.17, 15) is 9.90 Å². The molecule has 0 unspecified atom stereocenters. The number of hydrogen-bond acceptors (Lipinski definition) is 4. The Labute approximate surface area is 213 Å². The van der Waals surface area contributed by atoms with Gasteiger partial charge in [-0.1, -0.05) is 86.8 Å². The molecular formula is C30H35NO5. The number of unbranched alkanes of at least 4 members (excludes halogenated alkanes) is 3. The summed E-state index contributed by atoms with van der Waals surface area (Å²) in [4.78, 5) is 23.4. The lowest BCUT2D eigenvalue weighted by Crippen LogP contribution is -2.41. The zero-order valence-corrected chi connectivity index (χ0v) is 20.8. The van der Waals surface area contributed by atoms with E-state index in [0.717, 1.165) is 35.3 Å². The average molecular weight is 490 g/mol. The van der Waals surface area contributed by atoms with Crippen molar-refractivity contribution in [2.24, 2.45) is 0 Å². The van der Waals surface area contributed by atoms with Gasteiger partial charge in [0.2, 0.25) is 0 Å². The molecule has 0 aromatic heterocycles. The highest BCUT2D eigenvalue weighted by Gasteiger charge is 2.49. The molecule has 3 aromatic carbocycles. The summed E-state index contributed by atoms with van der Waals surface area (Å²) in [5, 5.41) is 17.8.